The number of aromatic nitrogens is 3. The first kappa shape index (κ1) is 15.9. The Kier molecular flexibility index (Phi) is 4.98. The molecule has 0 spiro atoms. The molecule has 118 valence electrons. The third-order valence-corrected chi connectivity index (χ3v) is 3.85. The zero-order valence-electron chi connectivity index (χ0n) is 13.5. The maximum Gasteiger partial charge on any atom is 0.248 e. The molecule has 0 atom stereocenters. The number of nitrogens with zero attached hydrogens (tertiary/aromatic N) is 4. The zero-order valence-corrected chi connectivity index (χ0v) is 13.5. The van der Waals surface area contributed by atoms with Crippen molar-refractivity contribution in [1.82, 2.24) is 19.7 Å². The van der Waals surface area contributed by atoms with E-state index in [2.05, 4.69) is 30.9 Å². The lowest BCUT2D eigenvalue weighted by atomic mass is 9.95. The van der Waals surface area contributed by atoms with Crippen molar-refractivity contribution in [2.24, 2.45) is 0 Å². The highest BCUT2D eigenvalue weighted by Gasteiger charge is 2.29. The van der Waals surface area contributed by atoms with Crippen LogP contribution in [0.5, 0.6) is 0 Å². The van der Waals surface area contributed by atoms with Crippen LogP contribution in [0, 0.1) is 0 Å². The van der Waals surface area contributed by atoms with Crippen LogP contribution in [0.4, 0.5) is 0 Å². The molecule has 0 N–H and O–H groups in total. The Balaban J connectivity index is 1.96. The van der Waals surface area contributed by atoms with Gasteiger partial charge in [0.25, 0.3) is 0 Å². The number of ether oxygens (including phenoxy) is 1. The van der Waals surface area contributed by atoms with Crippen LogP contribution in [0.1, 0.15) is 52.3 Å². The van der Waals surface area contributed by atoms with Gasteiger partial charge in [-0.15, -0.1) is 0 Å². The van der Waals surface area contributed by atoms with Gasteiger partial charge < -0.3 is 9.64 Å². The molecule has 1 saturated heterocycles. The highest BCUT2D eigenvalue weighted by atomic mass is 16.5. The summed E-state index contributed by atoms with van der Waals surface area (Å²) in [6.45, 7) is 10.6. The topological polar surface area (TPSA) is 60.2 Å². The van der Waals surface area contributed by atoms with Crippen molar-refractivity contribution < 1.29 is 9.53 Å². The van der Waals surface area contributed by atoms with Gasteiger partial charge in [-0.25, -0.2) is 9.67 Å². The molecule has 0 aromatic carbocycles. The quantitative estimate of drug-likeness (QED) is 0.849. The molecule has 0 radical (unpaired) electrons. The van der Waals surface area contributed by atoms with Gasteiger partial charge in [-0.2, -0.15) is 5.10 Å². The molecule has 1 aromatic heterocycles. The lowest BCUT2D eigenvalue weighted by Crippen LogP contribution is -2.40. The average Bonchev–Trinajstić information content (AvgIpc) is 2.94. The Morgan fingerprint density at radius 1 is 1.38 bits per heavy atom. The van der Waals surface area contributed by atoms with Gasteiger partial charge in [-0.1, -0.05) is 0 Å². The van der Waals surface area contributed by atoms with E-state index in [0.717, 1.165) is 31.8 Å². The predicted octanol–water partition coefficient (Wildman–Crippen LogP) is 1.78. The molecule has 2 heterocycles. The molecule has 1 aliphatic heterocycles. The molecule has 2 rings (SSSR count). The van der Waals surface area contributed by atoms with Crippen molar-refractivity contribution in [3.8, 4) is 0 Å². The van der Waals surface area contributed by atoms with Gasteiger partial charge in [0.1, 0.15) is 18.8 Å². The van der Waals surface area contributed by atoms with Crippen LogP contribution in [0.3, 0.4) is 0 Å². The number of amides is 1. The van der Waals surface area contributed by atoms with E-state index in [4.69, 9.17) is 4.74 Å². The van der Waals surface area contributed by atoms with Gasteiger partial charge in [-0.3, -0.25) is 4.79 Å². The van der Waals surface area contributed by atoms with Gasteiger partial charge in [-0.05, 0) is 40.5 Å². The molecule has 0 bridgehead atoms. The molecule has 6 heteroatoms. The monoisotopic (exact) mass is 294 g/mol. The lowest BCUT2D eigenvalue weighted by Gasteiger charge is -2.33. The number of carbonyl (C=O) groups excluding carboxylic acids is 1. The fraction of sp³-hybridized carbons (Fsp3) is 0.800. The number of likely N-dealkylation sites (tertiary alicyclic amines) is 1. The Hall–Kier alpha value is -1.43. The van der Waals surface area contributed by atoms with E-state index in [1.54, 1.807) is 6.33 Å². The van der Waals surface area contributed by atoms with Crippen molar-refractivity contribution in [3.63, 3.8) is 0 Å². The van der Waals surface area contributed by atoms with Crippen molar-refractivity contribution in [2.75, 3.05) is 26.3 Å². The van der Waals surface area contributed by atoms with E-state index in [9.17, 15) is 4.79 Å². The van der Waals surface area contributed by atoms with Crippen molar-refractivity contribution in [3.05, 3.63) is 12.2 Å². The molecule has 21 heavy (non-hydrogen) atoms. The number of hydrogen-bond acceptors (Lipinski definition) is 4. The second-order valence-corrected chi connectivity index (χ2v) is 6.49. The van der Waals surface area contributed by atoms with E-state index < -0.39 is 0 Å². The molecule has 1 aliphatic rings. The van der Waals surface area contributed by atoms with E-state index >= 15 is 0 Å². The average molecular weight is 294 g/mol. The van der Waals surface area contributed by atoms with Gasteiger partial charge in [0.2, 0.25) is 5.91 Å². The van der Waals surface area contributed by atoms with Gasteiger partial charge in [0, 0.05) is 25.6 Å². The van der Waals surface area contributed by atoms with Crippen LogP contribution < -0.4 is 0 Å². The Bertz CT molecular complexity index is 470. The van der Waals surface area contributed by atoms with E-state index in [0.29, 0.717) is 12.5 Å². The highest BCUT2D eigenvalue weighted by Crippen LogP contribution is 2.29. The third-order valence-electron chi connectivity index (χ3n) is 3.85. The Morgan fingerprint density at radius 3 is 2.62 bits per heavy atom. The molecular weight excluding hydrogens is 268 g/mol. The van der Waals surface area contributed by atoms with E-state index in [-0.39, 0.29) is 18.1 Å². The molecule has 1 aromatic rings. The summed E-state index contributed by atoms with van der Waals surface area (Å²) in [7, 11) is 0. The Labute approximate surface area is 126 Å². The molecule has 1 fully saturated rings. The summed E-state index contributed by atoms with van der Waals surface area (Å²) in [5.74, 6) is 1.51. The number of rotatable bonds is 4. The third kappa shape index (κ3) is 3.81. The SMILES string of the molecule is CCOCC(=O)N1CCC(c2ncnn2C(C)(C)C)CC1. The second kappa shape index (κ2) is 6.56. The minimum absolute atomic E-state index is 0.0618. The maximum atomic E-state index is 11.9. The predicted molar refractivity (Wildman–Crippen MR) is 80.1 cm³/mol. The van der Waals surface area contributed by atoms with Crippen LogP contribution in [0.2, 0.25) is 0 Å². The zero-order chi connectivity index (χ0) is 15.5. The first-order valence-corrected chi connectivity index (χ1v) is 7.69. The summed E-state index contributed by atoms with van der Waals surface area (Å²) in [5, 5.41) is 4.36. The van der Waals surface area contributed by atoms with Crippen molar-refractivity contribution in [1.29, 1.82) is 0 Å². The van der Waals surface area contributed by atoms with Crippen LogP contribution in [-0.2, 0) is 15.1 Å². The minimum atomic E-state index is -0.0618. The molecule has 0 aliphatic carbocycles. The van der Waals surface area contributed by atoms with Gasteiger partial charge in [0.05, 0.1) is 5.54 Å². The highest BCUT2D eigenvalue weighted by molar-refractivity contribution is 5.77. The van der Waals surface area contributed by atoms with Crippen LogP contribution >= 0.6 is 0 Å². The van der Waals surface area contributed by atoms with Crippen molar-refractivity contribution in [2.45, 2.75) is 52.0 Å². The number of carbonyl (C=O) groups is 1. The van der Waals surface area contributed by atoms with Crippen LogP contribution in [0.15, 0.2) is 6.33 Å². The molecule has 1 amide bonds. The fourth-order valence-corrected chi connectivity index (χ4v) is 2.71. The normalized spacial score (nSPS) is 17.2. The summed E-state index contributed by atoms with van der Waals surface area (Å²) in [5.41, 5.74) is -0.0618. The maximum absolute atomic E-state index is 11.9. The Morgan fingerprint density at radius 2 is 2.05 bits per heavy atom. The number of piperidine rings is 1. The minimum Gasteiger partial charge on any atom is -0.372 e. The summed E-state index contributed by atoms with van der Waals surface area (Å²) >= 11 is 0. The van der Waals surface area contributed by atoms with E-state index in [1.165, 1.54) is 0 Å². The first-order valence-electron chi connectivity index (χ1n) is 7.69. The lowest BCUT2D eigenvalue weighted by molar-refractivity contribution is -0.137. The summed E-state index contributed by atoms with van der Waals surface area (Å²) in [6.07, 6.45) is 3.51. The largest absolute Gasteiger partial charge is 0.372 e. The van der Waals surface area contributed by atoms with Crippen LogP contribution in [-0.4, -0.2) is 51.9 Å². The van der Waals surface area contributed by atoms with E-state index in [1.807, 2.05) is 16.5 Å². The van der Waals surface area contributed by atoms with Crippen molar-refractivity contribution >= 4 is 5.91 Å². The molecular formula is C15H26N4O2. The number of hydrogen-bond donors (Lipinski definition) is 0. The summed E-state index contributed by atoms with van der Waals surface area (Å²) in [4.78, 5) is 18.3. The fourth-order valence-electron chi connectivity index (χ4n) is 2.71. The first-order chi connectivity index (χ1) is 9.93. The molecule has 6 nitrogen and oxygen atoms in total. The van der Waals surface area contributed by atoms with Gasteiger partial charge in [0.15, 0.2) is 0 Å². The second-order valence-electron chi connectivity index (χ2n) is 6.49. The smallest absolute Gasteiger partial charge is 0.248 e. The standard InChI is InChI=1S/C15H26N4O2/c1-5-21-10-13(20)18-8-6-12(7-9-18)14-16-11-17-19(14)15(2,3)4/h11-12H,5-10H2,1-4H3. The molecule has 0 unspecified atom stereocenters. The summed E-state index contributed by atoms with van der Waals surface area (Å²) in [6, 6.07) is 0. The summed E-state index contributed by atoms with van der Waals surface area (Å²) < 4.78 is 7.20. The van der Waals surface area contributed by atoms with Gasteiger partial charge >= 0.3 is 0 Å². The molecule has 0 saturated carbocycles. The van der Waals surface area contributed by atoms with Crippen LogP contribution in [0.25, 0.3) is 0 Å².